The fourth-order valence-corrected chi connectivity index (χ4v) is 2.30. The van der Waals surface area contributed by atoms with Gasteiger partial charge >= 0.3 is 0 Å². The number of benzene rings is 1. The van der Waals surface area contributed by atoms with E-state index >= 15 is 0 Å². The maximum atomic E-state index is 6.22. The minimum absolute atomic E-state index is 0.740. The minimum Gasteiger partial charge on any atom is -0.302 e. The molecule has 0 atom stereocenters. The molecule has 0 aliphatic heterocycles. The first kappa shape index (κ1) is 13.1. The predicted molar refractivity (Wildman–Crippen MR) is 75.7 cm³/mol. The molecule has 1 aromatic heterocycles. The molecule has 18 heavy (non-hydrogen) atoms. The van der Waals surface area contributed by atoms with Crippen LogP contribution >= 0.6 is 11.6 Å². The highest BCUT2D eigenvalue weighted by Gasteiger charge is 2.12. The molecule has 0 bridgehead atoms. The van der Waals surface area contributed by atoms with E-state index in [1.165, 1.54) is 5.56 Å². The zero-order valence-corrected chi connectivity index (χ0v) is 11.5. The van der Waals surface area contributed by atoms with Gasteiger partial charge in [-0.25, -0.2) is 0 Å². The molecule has 0 amide bonds. The molecule has 0 fully saturated rings. The normalized spacial score (nSPS) is 11.1. The van der Waals surface area contributed by atoms with Crippen molar-refractivity contribution >= 4 is 11.6 Å². The highest BCUT2D eigenvalue weighted by atomic mass is 35.5. The van der Waals surface area contributed by atoms with Crippen LogP contribution in [-0.2, 0) is 6.54 Å². The minimum atomic E-state index is 0.740. The Morgan fingerprint density at radius 1 is 1.33 bits per heavy atom. The van der Waals surface area contributed by atoms with Crippen LogP contribution in [0.15, 0.2) is 30.5 Å². The summed E-state index contributed by atoms with van der Waals surface area (Å²) in [4.78, 5) is 2.28. The first-order valence-electron chi connectivity index (χ1n) is 6.18. The number of aromatic nitrogens is 2. The monoisotopic (exact) mass is 263 g/mol. The lowest BCUT2D eigenvalue weighted by atomic mass is 10.1. The van der Waals surface area contributed by atoms with Gasteiger partial charge in [-0.15, -0.1) is 0 Å². The molecule has 0 spiro atoms. The van der Waals surface area contributed by atoms with Crippen molar-refractivity contribution in [3.63, 3.8) is 0 Å². The Hall–Kier alpha value is -1.32. The number of hydrogen-bond donors (Lipinski definition) is 1. The number of H-pyrrole nitrogens is 1. The molecule has 0 radical (unpaired) electrons. The summed E-state index contributed by atoms with van der Waals surface area (Å²) in [7, 11) is 2.12. The third-order valence-corrected chi connectivity index (χ3v) is 3.22. The smallest absolute Gasteiger partial charge is 0.0980 e. The number of nitrogens with one attached hydrogen (secondary N) is 1. The van der Waals surface area contributed by atoms with Crippen molar-refractivity contribution < 1.29 is 0 Å². The summed E-state index contributed by atoms with van der Waals surface area (Å²) in [5.41, 5.74) is 3.11. The predicted octanol–water partition coefficient (Wildman–Crippen LogP) is 3.57. The fraction of sp³-hybridized carbons (Fsp3) is 0.357. The number of nitrogens with zero attached hydrogens (tertiary/aromatic N) is 2. The molecule has 1 N–H and O–H groups in total. The number of rotatable bonds is 5. The van der Waals surface area contributed by atoms with Crippen LogP contribution in [0.2, 0.25) is 5.02 Å². The van der Waals surface area contributed by atoms with E-state index in [4.69, 9.17) is 11.6 Å². The van der Waals surface area contributed by atoms with Gasteiger partial charge in [0.2, 0.25) is 0 Å². The largest absolute Gasteiger partial charge is 0.302 e. The summed E-state index contributed by atoms with van der Waals surface area (Å²) in [6.45, 7) is 4.14. The lowest BCUT2D eigenvalue weighted by molar-refractivity contribution is 0.328. The Labute approximate surface area is 113 Å². The van der Waals surface area contributed by atoms with E-state index in [0.29, 0.717) is 0 Å². The van der Waals surface area contributed by atoms with Crippen LogP contribution in [0.5, 0.6) is 0 Å². The summed E-state index contributed by atoms with van der Waals surface area (Å²) in [5.74, 6) is 0. The van der Waals surface area contributed by atoms with Gasteiger partial charge in [0.25, 0.3) is 0 Å². The van der Waals surface area contributed by atoms with Crippen molar-refractivity contribution in [3.05, 3.63) is 41.0 Å². The molecule has 3 nitrogen and oxygen atoms in total. The molecule has 0 aliphatic rings. The lowest BCUT2D eigenvalue weighted by Crippen LogP contribution is -2.18. The second-order valence-electron chi connectivity index (χ2n) is 4.48. The highest BCUT2D eigenvalue weighted by Crippen LogP contribution is 2.28. The summed E-state index contributed by atoms with van der Waals surface area (Å²) in [6, 6.07) is 7.81. The molecular weight excluding hydrogens is 246 g/mol. The van der Waals surface area contributed by atoms with Gasteiger partial charge in [-0.1, -0.05) is 36.7 Å². The zero-order valence-electron chi connectivity index (χ0n) is 10.8. The van der Waals surface area contributed by atoms with E-state index in [2.05, 4.69) is 29.1 Å². The first-order chi connectivity index (χ1) is 8.72. The van der Waals surface area contributed by atoms with Gasteiger partial charge in [0, 0.05) is 23.9 Å². The number of hydrogen-bond acceptors (Lipinski definition) is 2. The molecule has 96 valence electrons. The summed E-state index contributed by atoms with van der Waals surface area (Å²) in [5, 5.41) is 8.00. The zero-order chi connectivity index (χ0) is 13.0. The average Bonchev–Trinajstić information content (AvgIpc) is 2.78. The highest BCUT2D eigenvalue weighted by molar-refractivity contribution is 6.33. The molecule has 4 heteroatoms. The van der Waals surface area contributed by atoms with Crippen LogP contribution in [0.1, 0.15) is 18.9 Å². The Bertz CT molecular complexity index is 507. The molecular formula is C14H18ClN3. The van der Waals surface area contributed by atoms with Crippen molar-refractivity contribution in [2.24, 2.45) is 0 Å². The second-order valence-corrected chi connectivity index (χ2v) is 4.88. The van der Waals surface area contributed by atoms with Crippen LogP contribution in [-0.4, -0.2) is 28.7 Å². The van der Waals surface area contributed by atoms with Gasteiger partial charge in [-0.2, -0.15) is 5.10 Å². The van der Waals surface area contributed by atoms with Crippen molar-refractivity contribution in [1.82, 2.24) is 15.1 Å². The molecule has 2 rings (SSSR count). The van der Waals surface area contributed by atoms with Gasteiger partial charge in [-0.3, -0.25) is 5.10 Å². The van der Waals surface area contributed by atoms with Gasteiger partial charge in [0.1, 0.15) is 0 Å². The fourth-order valence-electron chi connectivity index (χ4n) is 2.07. The molecule has 1 aromatic carbocycles. The number of halogens is 1. The van der Waals surface area contributed by atoms with Gasteiger partial charge in [0.05, 0.1) is 10.7 Å². The Kier molecular flexibility index (Phi) is 4.39. The maximum Gasteiger partial charge on any atom is 0.0980 e. The quantitative estimate of drug-likeness (QED) is 0.894. The maximum absolute atomic E-state index is 6.22. The van der Waals surface area contributed by atoms with Crippen LogP contribution in [0.3, 0.4) is 0 Å². The molecule has 1 heterocycles. The third-order valence-electron chi connectivity index (χ3n) is 2.89. The molecule has 0 saturated carbocycles. The van der Waals surface area contributed by atoms with Gasteiger partial charge in [-0.05, 0) is 26.1 Å². The molecule has 0 aliphatic carbocycles. The summed E-state index contributed by atoms with van der Waals surface area (Å²) >= 11 is 6.22. The average molecular weight is 264 g/mol. The van der Waals surface area contributed by atoms with E-state index in [9.17, 15) is 0 Å². The Morgan fingerprint density at radius 3 is 2.83 bits per heavy atom. The Balaban J connectivity index is 2.25. The van der Waals surface area contributed by atoms with E-state index in [-0.39, 0.29) is 0 Å². The number of aromatic amines is 1. The summed E-state index contributed by atoms with van der Waals surface area (Å²) in [6.07, 6.45) is 3.10. The van der Waals surface area contributed by atoms with E-state index in [1.54, 1.807) is 0 Å². The van der Waals surface area contributed by atoms with E-state index in [0.717, 1.165) is 35.8 Å². The second kappa shape index (κ2) is 6.03. The van der Waals surface area contributed by atoms with E-state index in [1.807, 2.05) is 30.5 Å². The van der Waals surface area contributed by atoms with E-state index < -0.39 is 0 Å². The van der Waals surface area contributed by atoms with Crippen LogP contribution < -0.4 is 0 Å². The topological polar surface area (TPSA) is 31.9 Å². The third kappa shape index (κ3) is 2.92. The van der Waals surface area contributed by atoms with Crippen LogP contribution in [0, 0.1) is 0 Å². The first-order valence-corrected chi connectivity index (χ1v) is 6.56. The van der Waals surface area contributed by atoms with Crippen molar-refractivity contribution in [3.8, 4) is 11.3 Å². The van der Waals surface area contributed by atoms with Crippen molar-refractivity contribution in [2.45, 2.75) is 19.9 Å². The summed E-state index contributed by atoms with van der Waals surface area (Å²) < 4.78 is 0. The lowest BCUT2D eigenvalue weighted by Gasteiger charge is -2.15. The Morgan fingerprint density at radius 2 is 2.11 bits per heavy atom. The molecule has 2 aromatic rings. The van der Waals surface area contributed by atoms with Gasteiger partial charge in [0.15, 0.2) is 0 Å². The molecule has 0 saturated heterocycles. The van der Waals surface area contributed by atoms with Crippen molar-refractivity contribution in [1.29, 1.82) is 0 Å². The molecule has 0 unspecified atom stereocenters. The van der Waals surface area contributed by atoms with Gasteiger partial charge < -0.3 is 4.90 Å². The van der Waals surface area contributed by atoms with Crippen LogP contribution in [0.25, 0.3) is 11.3 Å². The van der Waals surface area contributed by atoms with Crippen molar-refractivity contribution in [2.75, 3.05) is 13.6 Å². The standard InChI is InChI=1S/C14H18ClN3/c1-3-8-18(2)10-11-9-16-17-14(11)12-6-4-5-7-13(12)15/h4-7,9H,3,8,10H2,1-2H3,(H,16,17). The SMILES string of the molecule is CCCN(C)Cc1c[nH]nc1-c1ccccc1Cl. The van der Waals surface area contributed by atoms with Crippen LogP contribution in [0.4, 0.5) is 0 Å².